The summed E-state index contributed by atoms with van der Waals surface area (Å²) in [5.41, 5.74) is 1.28. The highest BCUT2D eigenvalue weighted by Gasteiger charge is 1.82. The van der Waals surface area contributed by atoms with Crippen molar-refractivity contribution in [1.29, 1.82) is 0 Å². The highest BCUT2D eigenvalue weighted by Crippen LogP contribution is 2.03. The number of unbranched alkanes of at least 4 members (excludes halogenated alkanes) is 1. The summed E-state index contributed by atoms with van der Waals surface area (Å²) in [7, 11) is 0. The molecule has 0 unspecified atom stereocenters. The standard InChI is InChI=1S/C11H13Br/c12-10-6-2-5-9-11-7-3-1-4-8-11/h1,3-5,7-9H,2,6,10H2. The van der Waals surface area contributed by atoms with Gasteiger partial charge in [0.05, 0.1) is 0 Å². The summed E-state index contributed by atoms with van der Waals surface area (Å²) in [5.74, 6) is 0. The van der Waals surface area contributed by atoms with Crippen LogP contribution in [-0.4, -0.2) is 5.33 Å². The van der Waals surface area contributed by atoms with Gasteiger partial charge in [0.25, 0.3) is 0 Å². The molecule has 0 aromatic heterocycles. The summed E-state index contributed by atoms with van der Waals surface area (Å²) in [4.78, 5) is 0. The van der Waals surface area contributed by atoms with Crippen molar-refractivity contribution < 1.29 is 0 Å². The molecule has 12 heavy (non-hydrogen) atoms. The molecule has 64 valence electrons. The van der Waals surface area contributed by atoms with Crippen molar-refractivity contribution in [1.82, 2.24) is 0 Å². The molecule has 0 fully saturated rings. The number of alkyl halides is 1. The molecule has 0 heterocycles. The summed E-state index contributed by atoms with van der Waals surface area (Å²) in [6.45, 7) is 0. The molecule has 1 rings (SSSR count). The molecule has 0 radical (unpaired) electrons. The first-order valence-electron chi connectivity index (χ1n) is 4.21. The van der Waals surface area contributed by atoms with E-state index in [-0.39, 0.29) is 0 Å². The van der Waals surface area contributed by atoms with Crippen LogP contribution in [0.2, 0.25) is 0 Å². The minimum Gasteiger partial charge on any atom is -0.0928 e. The minimum absolute atomic E-state index is 1.09. The second kappa shape index (κ2) is 6.01. The highest BCUT2D eigenvalue weighted by atomic mass is 79.9. The fraction of sp³-hybridized carbons (Fsp3) is 0.273. The molecule has 0 aliphatic rings. The molecule has 0 saturated carbocycles. The Morgan fingerprint density at radius 2 is 1.92 bits per heavy atom. The van der Waals surface area contributed by atoms with Crippen LogP contribution in [0.1, 0.15) is 18.4 Å². The molecule has 1 aromatic carbocycles. The van der Waals surface area contributed by atoms with Gasteiger partial charge in [-0.05, 0) is 18.4 Å². The lowest BCUT2D eigenvalue weighted by Crippen LogP contribution is -1.71. The first kappa shape index (κ1) is 9.53. The Hall–Kier alpha value is -0.560. The van der Waals surface area contributed by atoms with Gasteiger partial charge < -0.3 is 0 Å². The minimum atomic E-state index is 1.09. The number of hydrogen-bond donors (Lipinski definition) is 0. The van der Waals surface area contributed by atoms with Crippen LogP contribution in [0, 0.1) is 0 Å². The summed E-state index contributed by atoms with van der Waals surface area (Å²) >= 11 is 3.40. The van der Waals surface area contributed by atoms with Crippen LogP contribution in [-0.2, 0) is 0 Å². The third-order valence-electron chi connectivity index (χ3n) is 1.61. The lowest BCUT2D eigenvalue weighted by Gasteiger charge is -1.90. The zero-order chi connectivity index (χ0) is 8.65. The maximum Gasteiger partial charge on any atom is 0.00342 e. The SMILES string of the molecule is BrCCCC=Cc1ccccc1. The molecular weight excluding hydrogens is 212 g/mol. The third kappa shape index (κ3) is 3.72. The van der Waals surface area contributed by atoms with E-state index in [0.29, 0.717) is 0 Å². The monoisotopic (exact) mass is 224 g/mol. The van der Waals surface area contributed by atoms with Gasteiger partial charge in [-0.15, -0.1) is 0 Å². The topological polar surface area (TPSA) is 0 Å². The van der Waals surface area contributed by atoms with E-state index in [1.165, 1.54) is 12.0 Å². The van der Waals surface area contributed by atoms with E-state index in [9.17, 15) is 0 Å². The predicted octanol–water partition coefficient (Wildman–Crippen LogP) is 3.87. The van der Waals surface area contributed by atoms with Gasteiger partial charge in [-0.25, -0.2) is 0 Å². The highest BCUT2D eigenvalue weighted by molar-refractivity contribution is 9.09. The quantitative estimate of drug-likeness (QED) is 0.538. The largest absolute Gasteiger partial charge is 0.0928 e. The first-order valence-corrected chi connectivity index (χ1v) is 5.33. The predicted molar refractivity (Wildman–Crippen MR) is 58.5 cm³/mol. The fourth-order valence-electron chi connectivity index (χ4n) is 0.979. The lowest BCUT2D eigenvalue weighted by atomic mass is 10.2. The molecule has 0 atom stereocenters. The van der Waals surface area contributed by atoms with Gasteiger partial charge in [-0.1, -0.05) is 58.4 Å². The van der Waals surface area contributed by atoms with E-state index in [1.54, 1.807) is 0 Å². The Balaban J connectivity index is 2.36. The second-order valence-electron chi connectivity index (χ2n) is 2.64. The van der Waals surface area contributed by atoms with Gasteiger partial charge >= 0.3 is 0 Å². The van der Waals surface area contributed by atoms with Crippen molar-refractivity contribution in [3.63, 3.8) is 0 Å². The molecule has 0 bridgehead atoms. The normalized spacial score (nSPS) is 10.8. The fourth-order valence-corrected chi connectivity index (χ4v) is 1.30. The summed E-state index contributed by atoms with van der Waals surface area (Å²) in [5, 5.41) is 1.09. The molecule has 1 heteroatoms. The van der Waals surface area contributed by atoms with Crippen LogP contribution < -0.4 is 0 Å². The molecule has 0 aliphatic carbocycles. The van der Waals surface area contributed by atoms with Gasteiger partial charge in [-0.3, -0.25) is 0 Å². The van der Waals surface area contributed by atoms with Gasteiger partial charge in [-0.2, -0.15) is 0 Å². The Morgan fingerprint density at radius 3 is 2.58 bits per heavy atom. The lowest BCUT2D eigenvalue weighted by molar-refractivity contribution is 0.983. The Kier molecular flexibility index (Phi) is 4.77. The molecule has 0 N–H and O–H groups in total. The maximum atomic E-state index is 3.40. The van der Waals surface area contributed by atoms with Crippen LogP contribution in [0.15, 0.2) is 36.4 Å². The van der Waals surface area contributed by atoms with E-state index in [1.807, 2.05) is 6.07 Å². The molecular formula is C11H13Br. The van der Waals surface area contributed by atoms with Gasteiger partial charge in [0, 0.05) is 5.33 Å². The summed E-state index contributed by atoms with van der Waals surface area (Å²) < 4.78 is 0. The van der Waals surface area contributed by atoms with E-state index in [4.69, 9.17) is 0 Å². The molecule has 0 nitrogen and oxygen atoms in total. The van der Waals surface area contributed by atoms with Crippen LogP contribution >= 0.6 is 15.9 Å². The Bertz CT molecular complexity index is 226. The van der Waals surface area contributed by atoms with Crippen molar-refractivity contribution in [2.75, 3.05) is 5.33 Å². The van der Waals surface area contributed by atoms with Crippen LogP contribution in [0.4, 0.5) is 0 Å². The molecule has 0 saturated heterocycles. The smallest absolute Gasteiger partial charge is 0.00342 e. The first-order chi connectivity index (χ1) is 5.93. The molecule has 0 spiro atoms. The van der Waals surface area contributed by atoms with Gasteiger partial charge in [0.15, 0.2) is 0 Å². The maximum absolute atomic E-state index is 3.40. The van der Waals surface area contributed by atoms with Crippen molar-refractivity contribution in [2.24, 2.45) is 0 Å². The van der Waals surface area contributed by atoms with E-state index < -0.39 is 0 Å². The van der Waals surface area contributed by atoms with Crippen LogP contribution in [0.5, 0.6) is 0 Å². The number of halogens is 1. The van der Waals surface area contributed by atoms with E-state index >= 15 is 0 Å². The number of benzene rings is 1. The number of hydrogen-bond acceptors (Lipinski definition) is 0. The summed E-state index contributed by atoms with van der Waals surface area (Å²) in [6.07, 6.45) is 6.75. The average Bonchev–Trinajstić information content (AvgIpc) is 2.14. The Morgan fingerprint density at radius 1 is 1.17 bits per heavy atom. The Labute approximate surface area is 82.4 Å². The molecule has 1 aromatic rings. The van der Waals surface area contributed by atoms with E-state index in [2.05, 4.69) is 52.3 Å². The summed E-state index contributed by atoms with van der Waals surface area (Å²) in [6, 6.07) is 10.4. The number of allylic oxidation sites excluding steroid dienone is 1. The second-order valence-corrected chi connectivity index (χ2v) is 3.44. The van der Waals surface area contributed by atoms with Crippen molar-refractivity contribution >= 4 is 22.0 Å². The zero-order valence-electron chi connectivity index (χ0n) is 7.04. The van der Waals surface area contributed by atoms with Crippen LogP contribution in [0.3, 0.4) is 0 Å². The van der Waals surface area contributed by atoms with Gasteiger partial charge in [0.1, 0.15) is 0 Å². The van der Waals surface area contributed by atoms with E-state index in [0.717, 1.165) is 11.8 Å². The number of rotatable bonds is 4. The molecule has 0 amide bonds. The van der Waals surface area contributed by atoms with Crippen LogP contribution in [0.25, 0.3) is 6.08 Å². The molecule has 0 aliphatic heterocycles. The van der Waals surface area contributed by atoms with Crippen molar-refractivity contribution in [2.45, 2.75) is 12.8 Å². The zero-order valence-corrected chi connectivity index (χ0v) is 8.63. The van der Waals surface area contributed by atoms with Crippen molar-refractivity contribution in [3.05, 3.63) is 42.0 Å². The third-order valence-corrected chi connectivity index (χ3v) is 2.18. The van der Waals surface area contributed by atoms with Crippen molar-refractivity contribution in [3.8, 4) is 0 Å². The van der Waals surface area contributed by atoms with Gasteiger partial charge in [0.2, 0.25) is 0 Å². The average molecular weight is 225 g/mol.